The van der Waals surface area contributed by atoms with E-state index < -0.39 is 5.82 Å². The van der Waals surface area contributed by atoms with Crippen molar-refractivity contribution in [1.82, 2.24) is 9.78 Å². The molecule has 0 spiro atoms. The third-order valence-corrected chi connectivity index (χ3v) is 2.39. The molecule has 1 aromatic carbocycles. The number of aromatic nitrogens is 2. The molecule has 0 aliphatic heterocycles. The number of halogens is 1. The Balaban J connectivity index is 2.48. The van der Waals surface area contributed by atoms with Gasteiger partial charge >= 0.3 is 0 Å². The summed E-state index contributed by atoms with van der Waals surface area (Å²) >= 11 is 0. The van der Waals surface area contributed by atoms with Crippen LogP contribution in [0.15, 0.2) is 35.1 Å². The van der Waals surface area contributed by atoms with Gasteiger partial charge < -0.3 is 0 Å². The summed E-state index contributed by atoms with van der Waals surface area (Å²) in [5.41, 5.74) is 0.860. The van der Waals surface area contributed by atoms with E-state index in [1.54, 1.807) is 18.2 Å². The highest BCUT2D eigenvalue weighted by atomic mass is 19.1. The lowest BCUT2D eigenvalue weighted by Gasteiger charge is -2.02. The lowest BCUT2D eigenvalue weighted by atomic mass is 10.3. The summed E-state index contributed by atoms with van der Waals surface area (Å²) in [6.45, 7) is 2.03. The molecule has 4 heteroatoms. The van der Waals surface area contributed by atoms with Gasteiger partial charge in [-0.25, -0.2) is 9.07 Å². The molecule has 1 heterocycles. The molecule has 0 fully saturated rings. The zero-order valence-corrected chi connectivity index (χ0v) is 9.03. The summed E-state index contributed by atoms with van der Waals surface area (Å²) in [4.78, 5) is 11.6. The Morgan fingerprint density at radius 3 is 2.81 bits per heavy atom. The zero-order valence-electron chi connectivity index (χ0n) is 9.03. The Bertz CT molecular complexity index is 542. The number of para-hydroxylation sites is 1. The number of benzene rings is 1. The molecule has 0 saturated heterocycles. The fourth-order valence-corrected chi connectivity index (χ4v) is 1.65. The maximum Gasteiger partial charge on any atom is 0.271 e. The molecule has 2 rings (SSSR count). The van der Waals surface area contributed by atoms with Crippen molar-refractivity contribution in [2.75, 3.05) is 0 Å². The predicted molar refractivity (Wildman–Crippen MR) is 60.3 cm³/mol. The molecule has 0 aliphatic rings. The van der Waals surface area contributed by atoms with Crippen molar-refractivity contribution in [3.05, 3.63) is 52.2 Å². The first-order chi connectivity index (χ1) is 7.72. The smallest absolute Gasteiger partial charge is 0.271 e. The Morgan fingerprint density at radius 2 is 2.12 bits per heavy atom. The van der Waals surface area contributed by atoms with Gasteiger partial charge in [-0.15, -0.1) is 0 Å². The highest BCUT2D eigenvalue weighted by Gasteiger charge is 2.08. The van der Waals surface area contributed by atoms with Crippen molar-refractivity contribution in [2.45, 2.75) is 19.8 Å². The molecule has 0 aliphatic carbocycles. The average molecular weight is 220 g/mol. The van der Waals surface area contributed by atoms with Gasteiger partial charge in [0.05, 0.1) is 0 Å². The van der Waals surface area contributed by atoms with Crippen LogP contribution in [0.4, 0.5) is 4.39 Å². The van der Waals surface area contributed by atoms with Crippen molar-refractivity contribution in [3.63, 3.8) is 0 Å². The number of aromatic amines is 1. The Morgan fingerprint density at radius 1 is 1.38 bits per heavy atom. The molecule has 1 N–H and O–H groups in total. The fraction of sp³-hybridized carbons (Fsp3) is 0.250. The van der Waals surface area contributed by atoms with Gasteiger partial charge in [0, 0.05) is 11.8 Å². The Labute approximate surface area is 92.5 Å². The topological polar surface area (TPSA) is 37.8 Å². The van der Waals surface area contributed by atoms with E-state index in [-0.39, 0.29) is 11.2 Å². The maximum atomic E-state index is 13.5. The van der Waals surface area contributed by atoms with Crippen LogP contribution in [0, 0.1) is 5.82 Å². The van der Waals surface area contributed by atoms with Crippen molar-refractivity contribution in [2.24, 2.45) is 0 Å². The third-order valence-electron chi connectivity index (χ3n) is 2.39. The molecule has 0 bridgehead atoms. The third kappa shape index (κ3) is 1.91. The van der Waals surface area contributed by atoms with Crippen molar-refractivity contribution in [1.29, 1.82) is 0 Å². The van der Waals surface area contributed by atoms with Gasteiger partial charge in [0.1, 0.15) is 11.5 Å². The molecule has 16 heavy (non-hydrogen) atoms. The highest BCUT2D eigenvalue weighted by Crippen LogP contribution is 2.10. The van der Waals surface area contributed by atoms with E-state index in [2.05, 4.69) is 5.10 Å². The number of rotatable bonds is 3. The molecule has 0 saturated carbocycles. The first-order valence-electron chi connectivity index (χ1n) is 5.28. The summed E-state index contributed by atoms with van der Waals surface area (Å²) in [5.74, 6) is -0.408. The summed E-state index contributed by atoms with van der Waals surface area (Å²) in [7, 11) is 0. The van der Waals surface area contributed by atoms with Gasteiger partial charge in [-0.05, 0) is 18.6 Å². The molecule has 1 aromatic heterocycles. The van der Waals surface area contributed by atoms with E-state index in [4.69, 9.17) is 0 Å². The average Bonchev–Trinajstić information content (AvgIpc) is 2.61. The maximum absolute atomic E-state index is 13.5. The lowest BCUT2D eigenvalue weighted by molar-refractivity contribution is 0.607. The van der Waals surface area contributed by atoms with Crippen LogP contribution in [0.2, 0.25) is 0 Å². The standard InChI is InChI=1S/C12H13FN2O/c1-2-5-9-8-12(16)15(14-9)11-7-4-3-6-10(11)13/h3-4,6-8,14H,2,5H2,1H3. The lowest BCUT2D eigenvalue weighted by Crippen LogP contribution is -2.14. The number of nitrogens with one attached hydrogen (secondary N) is 1. The second kappa shape index (κ2) is 4.35. The van der Waals surface area contributed by atoms with Crippen LogP contribution in [0.3, 0.4) is 0 Å². The quantitative estimate of drug-likeness (QED) is 0.846. The van der Waals surface area contributed by atoms with Gasteiger partial charge in [0.15, 0.2) is 0 Å². The van der Waals surface area contributed by atoms with E-state index in [1.165, 1.54) is 16.8 Å². The van der Waals surface area contributed by atoms with Gasteiger partial charge in [-0.1, -0.05) is 25.5 Å². The second-order valence-corrected chi connectivity index (χ2v) is 3.66. The van der Waals surface area contributed by atoms with E-state index >= 15 is 0 Å². The number of nitrogens with zero attached hydrogens (tertiary/aromatic N) is 1. The molecule has 0 amide bonds. The summed E-state index contributed by atoms with van der Waals surface area (Å²) < 4.78 is 14.7. The van der Waals surface area contributed by atoms with Gasteiger partial charge in [0.25, 0.3) is 5.56 Å². The minimum absolute atomic E-state index is 0.228. The fourth-order valence-electron chi connectivity index (χ4n) is 1.65. The summed E-state index contributed by atoms with van der Waals surface area (Å²) in [6.07, 6.45) is 1.73. The summed E-state index contributed by atoms with van der Waals surface area (Å²) in [6, 6.07) is 7.71. The largest absolute Gasteiger partial charge is 0.295 e. The van der Waals surface area contributed by atoms with Crippen LogP contribution < -0.4 is 5.56 Å². The van der Waals surface area contributed by atoms with Gasteiger partial charge in [-0.3, -0.25) is 9.89 Å². The first-order valence-corrected chi connectivity index (χ1v) is 5.28. The molecule has 2 aromatic rings. The number of H-pyrrole nitrogens is 1. The summed E-state index contributed by atoms with van der Waals surface area (Å²) in [5, 5.41) is 2.90. The Kier molecular flexibility index (Phi) is 2.90. The van der Waals surface area contributed by atoms with Gasteiger partial charge in [0.2, 0.25) is 0 Å². The van der Waals surface area contributed by atoms with Crippen molar-refractivity contribution < 1.29 is 4.39 Å². The SMILES string of the molecule is CCCc1cc(=O)n(-c2ccccc2F)[nH]1. The first kappa shape index (κ1) is 10.7. The van der Waals surface area contributed by atoms with Crippen LogP contribution in [-0.2, 0) is 6.42 Å². The van der Waals surface area contributed by atoms with Gasteiger partial charge in [-0.2, -0.15) is 0 Å². The van der Waals surface area contributed by atoms with Crippen molar-refractivity contribution in [3.8, 4) is 5.69 Å². The number of hydrogen-bond acceptors (Lipinski definition) is 1. The van der Waals surface area contributed by atoms with Crippen LogP contribution >= 0.6 is 0 Å². The normalized spacial score (nSPS) is 10.6. The van der Waals surface area contributed by atoms with Crippen LogP contribution in [0.1, 0.15) is 19.0 Å². The van der Waals surface area contributed by atoms with E-state index in [0.29, 0.717) is 0 Å². The molecule has 0 radical (unpaired) electrons. The number of aryl methyl sites for hydroxylation is 1. The van der Waals surface area contributed by atoms with Crippen LogP contribution in [0.5, 0.6) is 0 Å². The molecular weight excluding hydrogens is 207 g/mol. The zero-order chi connectivity index (χ0) is 11.5. The second-order valence-electron chi connectivity index (χ2n) is 3.66. The molecule has 3 nitrogen and oxygen atoms in total. The number of hydrogen-bond donors (Lipinski definition) is 1. The minimum atomic E-state index is -0.408. The van der Waals surface area contributed by atoms with Crippen LogP contribution in [-0.4, -0.2) is 9.78 Å². The predicted octanol–water partition coefficient (Wildman–Crippen LogP) is 2.26. The van der Waals surface area contributed by atoms with E-state index in [1.807, 2.05) is 6.92 Å². The van der Waals surface area contributed by atoms with Crippen LogP contribution in [0.25, 0.3) is 5.69 Å². The molecule has 0 unspecified atom stereocenters. The molecular formula is C12H13FN2O. The molecule has 84 valence electrons. The minimum Gasteiger partial charge on any atom is -0.295 e. The molecule has 0 atom stereocenters. The Hall–Kier alpha value is -1.84. The van der Waals surface area contributed by atoms with Crippen molar-refractivity contribution >= 4 is 0 Å². The monoisotopic (exact) mass is 220 g/mol. The van der Waals surface area contributed by atoms with E-state index in [9.17, 15) is 9.18 Å². The highest BCUT2D eigenvalue weighted by molar-refractivity contribution is 5.32. The van der Waals surface area contributed by atoms with E-state index in [0.717, 1.165) is 18.5 Å².